The highest BCUT2D eigenvalue weighted by atomic mass is 15.0. The van der Waals surface area contributed by atoms with Gasteiger partial charge in [0.2, 0.25) is 0 Å². The van der Waals surface area contributed by atoms with Crippen molar-refractivity contribution in [2.45, 2.75) is 0 Å². The van der Waals surface area contributed by atoms with Crippen LogP contribution in [-0.4, -0.2) is 15.0 Å². The van der Waals surface area contributed by atoms with Gasteiger partial charge in [-0.3, -0.25) is 0 Å². The van der Waals surface area contributed by atoms with Gasteiger partial charge >= 0.3 is 0 Å². The Morgan fingerprint density at radius 3 is 1.04 bits per heavy atom. The fraction of sp³-hybridized carbons (Fsp3) is 0. The molecule has 1 aromatic heterocycles. The second-order valence-corrected chi connectivity index (χ2v) is 13.2. The van der Waals surface area contributed by atoms with Gasteiger partial charge in [0.1, 0.15) is 0 Å². The molecule has 3 heteroatoms. The molecule has 3 nitrogen and oxygen atoms in total. The van der Waals surface area contributed by atoms with Crippen molar-refractivity contribution in [1.29, 1.82) is 0 Å². The monoisotopic (exact) mass is 689 g/mol. The summed E-state index contributed by atoms with van der Waals surface area (Å²) in [5, 5.41) is 0. The summed E-state index contributed by atoms with van der Waals surface area (Å²) < 4.78 is 0. The Morgan fingerprint density at radius 1 is 0.185 bits per heavy atom. The molecule has 9 rings (SSSR count). The Labute approximate surface area is 316 Å². The van der Waals surface area contributed by atoms with Gasteiger partial charge in [0, 0.05) is 16.7 Å². The minimum Gasteiger partial charge on any atom is -0.208 e. The van der Waals surface area contributed by atoms with Crippen LogP contribution in [0.4, 0.5) is 0 Å². The van der Waals surface area contributed by atoms with E-state index in [9.17, 15) is 0 Å². The van der Waals surface area contributed by atoms with Crippen molar-refractivity contribution in [3.05, 3.63) is 212 Å². The molecule has 0 saturated carbocycles. The average Bonchev–Trinajstić information content (AvgIpc) is 3.27. The Hall–Kier alpha value is -7.23. The van der Waals surface area contributed by atoms with Gasteiger partial charge in [0.25, 0.3) is 0 Å². The second-order valence-electron chi connectivity index (χ2n) is 13.2. The van der Waals surface area contributed by atoms with Crippen LogP contribution in [0.2, 0.25) is 0 Å². The van der Waals surface area contributed by atoms with Gasteiger partial charge in [-0.1, -0.05) is 200 Å². The summed E-state index contributed by atoms with van der Waals surface area (Å²) in [5.74, 6) is 1.85. The van der Waals surface area contributed by atoms with Gasteiger partial charge in [-0.25, -0.2) is 15.0 Å². The SMILES string of the molecule is c1ccc(-c2cccc(-c3nc(-c4cccc(-c5ccccc5-c5ccccc5)c4)nc(-c4ccccc4-c4ccccc4-c4ccccc4)n3)c2)cc1. The first-order valence-electron chi connectivity index (χ1n) is 18.2. The van der Waals surface area contributed by atoms with Crippen molar-refractivity contribution in [3.63, 3.8) is 0 Å². The smallest absolute Gasteiger partial charge is 0.164 e. The van der Waals surface area contributed by atoms with Crippen LogP contribution in [0.1, 0.15) is 0 Å². The summed E-state index contributed by atoms with van der Waals surface area (Å²) in [5.41, 5.74) is 14.1. The van der Waals surface area contributed by atoms with Gasteiger partial charge in [0.05, 0.1) is 0 Å². The highest BCUT2D eigenvalue weighted by Crippen LogP contribution is 2.39. The first-order chi connectivity index (χ1) is 26.8. The lowest BCUT2D eigenvalue weighted by molar-refractivity contribution is 1.07. The molecule has 0 atom stereocenters. The van der Waals surface area contributed by atoms with Crippen molar-refractivity contribution >= 4 is 0 Å². The van der Waals surface area contributed by atoms with Crippen molar-refractivity contribution in [3.8, 4) is 89.8 Å². The standard InChI is InChI=1S/C51H35N3/c1-4-18-36(19-5-1)39-24-16-26-41(34-39)49-52-50(42-27-17-25-40(35-42)45-30-11-10-28-43(45)37-20-6-2-7-21-37)54-51(53-49)48-33-15-14-32-47(48)46-31-13-12-29-44(46)38-22-8-3-9-23-38/h1-35H. The van der Waals surface area contributed by atoms with E-state index in [0.29, 0.717) is 17.5 Å². The van der Waals surface area contributed by atoms with Crippen molar-refractivity contribution in [2.24, 2.45) is 0 Å². The molecule has 9 aromatic rings. The number of rotatable bonds is 8. The van der Waals surface area contributed by atoms with Gasteiger partial charge in [-0.2, -0.15) is 0 Å². The summed E-state index contributed by atoms with van der Waals surface area (Å²) in [6.07, 6.45) is 0. The van der Waals surface area contributed by atoms with Gasteiger partial charge in [-0.15, -0.1) is 0 Å². The molecule has 0 bridgehead atoms. The van der Waals surface area contributed by atoms with E-state index in [1.807, 2.05) is 6.07 Å². The number of hydrogen-bond donors (Lipinski definition) is 0. The lowest BCUT2D eigenvalue weighted by Crippen LogP contribution is -2.01. The molecule has 0 aliphatic rings. The van der Waals surface area contributed by atoms with Crippen molar-refractivity contribution < 1.29 is 0 Å². The van der Waals surface area contributed by atoms with Gasteiger partial charge < -0.3 is 0 Å². The zero-order chi connectivity index (χ0) is 36.1. The van der Waals surface area contributed by atoms with E-state index in [4.69, 9.17) is 15.0 Å². The quantitative estimate of drug-likeness (QED) is 0.159. The van der Waals surface area contributed by atoms with E-state index < -0.39 is 0 Å². The average molecular weight is 690 g/mol. The third kappa shape index (κ3) is 6.63. The van der Waals surface area contributed by atoms with Crippen LogP contribution in [0.25, 0.3) is 89.8 Å². The molecule has 0 N–H and O–H groups in total. The van der Waals surface area contributed by atoms with E-state index in [2.05, 4.69) is 206 Å². The predicted molar refractivity (Wildman–Crippen MR) is 223 cm³/mol. The Morgan fingerprint density at radius 2 is 0.500 bits per heavy atom. The number of benzene rings is 8. The molecular weight excluding hydrogens is 655 g/mol. The Balaban J connectivity index is 1.23. The van der Waals surface area contributed by atoms with Crippen LogP contribution >= 0.6 is 0 Å². The van der Waals surface area contributed by atoms with E-state index in [0.717, 1.165) is 61.2 Å². The van der Waals surface area contributed by atoms with E-state index >= 15 is 0 Å². The first kappa shape index (κ1) is 32.7. The molecule has 254 valence electrons. The third-order valence-corrected chi connectivity index (χ3v) is 9.78. The normalized spacial score (nSPS) is 11.0. The first-order valence-corrected chi connectivity index (χ1v) is 18.2. The lowest BCUT2D eigenvalue weighted by atomic mass is 9.91. The maximum atomic E-state index is 5.26. The summed E-state index contributed by atoms with van der Waals surface area (Å²) in [6.45, 7) is 0. The van der Waals surface area contributed by atoms with E-state index in [1.54, 1.807) is 0 Å². The zero-order valence-electron chi connectivity index (χ0n) is 29.5. The van der Waals surface area contributed by atoms with Crippen LogP contribution in [0, 0.1) is 0 Å². The molecular formula is C51H35N3. The minimum absolute atomic E-state index is 0.616. The molecule has 0 amide bonds. The zero-order valence-corrected chi connectivity index (χ0v) is 29.5. The molecule has 0 fully saturated rings. The fourth-order valence-electron chi connectivity index (χ4n) is 7.15. The maximum Gasteiger partial charge on any atom is 0.164 e. The molecule has 0 spiro atoms. The minimum atomic E-state index is 0.616. The fourth-order valence-corrected chi connectivity index (χ4v) is 7.15. The molecule has 8 aromatic carbocycles. The van der Waals surface area contributed by atoms with E-state index in [-0.39, 0.29) is 0 Å². The number of hydrogen-bond acceptors (Lipinski definition) is 3. The highest BCUT2D eigenvalue weighted by molar-refractivity contribution is 5.91. The molecule has 0 aliphatic carbocycles. The topological polar surface area (TPSA) is 38.7 Å². The van der Waals surface area contributed by atoms with Crippen LogP contribution in [-0.2, 0) is 0 Å². The predicted octanol–water partition coefficient (Wildman–Crippen LogP) is 13.2. The highest BCUT2D eigenvalue weighted by Gasteiger charge is 2.18. The van der Waals surface area contributed by atoms with Crippen LogP contribution in [0.3, 0.4) is 0 Å². The Kier molecular flexibility index (Phi) is 8.94. The van der Waals surface area contributed by atoms with Gasteiger partial charge in [0.15, 0.2) is 17.5 Å². The molecule has 54 heavy (non-hydrogen) atoms. The molecule has 1 heterocycles. The Bertz CT molecular complexity index is 2700. The second kappa shape index (κ2) is 14.8. The summed E-state index contributed by atoms with van der Waals surface area (Å²) in [6, 6.07) is 74.0. The van der Waals surface area contributed by atoms with Crippen LogP contribution in [0.5, 0.6) is 0 Å². The third-order valence-electron chi connectivity index (χ3n) is 9.78. The summed E-state index contributed by atoms with van der Waals surface area (Å²) in [4.78, 5) is 15.7. The molecule has 0 saturated heterocycles. The summed E-state index contributed by atoms with van der Waals surface area (Å²) >= 11 is 0. The van der Waals surface area contributed by atoms with Crippen LogP contribution < -0.4 is 0 Å². The van der Waals surface area contributed by atoms with Crippen molar-refractivity contribution in [2.75, 3.05) is 0 Å². The lowest BCUT2D eigenvalue weighted by Gasteiger charge is -2.15. The largest absolute Gasteiger partial charge is 0.208 e. The van der Waals surface area contributed by atoms with Crippen LogP contribution in [0.15, 0.2) is 212 Å². The molecule has 0 aliphatic heterocycles. The summed E-state index contributed by atoms with van der Waals surface area (Å²) in [7, 11) is 0. The van der Waals surface area contributed by atoms with Crippen molar-refractivity contribution in [1.82, 2.24) is 15.0 Å². The number of aromatic nitrogens is 3. The molecule has 0 unspecified atom stereocenters. The maximum absolute atomic E-state index is 5.26. The number of nitrogens with zero attached hydrogens (tertiary/aromatic N) is 3. The van der Waals surface area contributed by atoms with E-state index in [1.165, 1.54) is 11.1 Å². The van der Waals surface area contributed by atoms with Gasteiger partial charge in [-0.05, 0) is 67.8 Å². The molecule has 0 radical (unpaired) electrons.